The Morgan fingerprint density at radius 1 is 1.05 bits per heavy atom. The fourth-order valence-electron chi connectivity index (χ4n) is 2.83. The Hall–Kier alpha value is -2.09. The molecular formula is C17H17NO. The summed E-state index contributed by atoms with van der Waals surface area (Å²) in [6.07, 6.45) is 3.64. The van der Waals surface area contributed by atoms with E-state index in [0.29, 0.717) is 0 Å². The van der Waals surface area contributed by atoms with Gasteiger partial charge in [-0.05, 0) is 53.6 Å². The number of benzene rings is 2. The molecule has 19 heavy (non-hydrogen) atoms. The molecule has 0 atom stereocenters. The molecule has 3 rings (SSSR count). The van der Waals surface area contributed by atoms with Gasteiger partial charge in [0.2, 0.25) is 5.91 Å². The van der Waals surface area contributed by atoms with Crippen LogP contribution in [0.15, 0.2) is 42.5 Å². The minimum Gasteiger partial charge on any atom is -0.326 e. The Kier molecular flexibility index (Phi) is 3.08. The van der Waals surface area contributed by atoms with Crippen molar-refractivity contribution in [1.29, 1.82) is 0 Å². The van der Waals surface area contributed by atoms with E-state index in [-0.39, 0.29) is 5.91 Å². The Balaban J connectivity index is 1.95. The number of carbonyl (C=O) groups is 1. The lowest BCUT2D eigenvalue weighted by atomic mass is 9.97. The molecule has 2 nitrogen and oxygen atoms in total. The van der Waals surface area contributed by atoms with E-state index in [1.54, 1.807) is 0 Å². The number of nitrogens with one attached hydrogen (secondary N) is 1. The van der Waals surface area contributed by atoms with E-state index >= 15 is 0 Å². The third-order valence-corrected chi connectivity index (χ3v) is 3.66. The van der Waals surface area contributed by atoms with Crippen LogP contribution in [0, 0.1) is 0 Å². The third-order valence-electron chi connectivity index (χ3n) is 3.66. The Bertz CT molecular complexity index is 614. The third kappa shape index (κ3) is 2.39. The normalized spacial score (nSPS) is 13.1. The molecule has 2 heteroatoms. The van der Waals surface area contributed by atoms with Gasteiger partial charge in [0.1, 0.15) is 0 Å². The maximum Gasteiger partial charge on any atom is 0.221 e. The molecule has 0 spiro atoms. The number of hydrogen-bond donors (Lipinski definition) is 1. The number of fused-ring (bicyclic) bond motifs is 1. The van der Waals surface area contributed by atoms with Gasteiger partial charge < -0.3 is 5.32 Å². The van der Waals surface area contributed by atoms with Crippen LogP contribution in [0.3, 0.4) is 0 Å². The molecule has 1 aliphatic carbocycles. The predicted octanol–water partition coefficient (Wildman–Crippen LogP) is 3.80. The molecular weight excluding hydrogens is 234 g/mol. The molecule has 0 heterocycles. The van der Waals surface area contributed by atoms with Gasteiger partial charge in [0.15, 0.2) is 0 Å². The Morgan fingerprint density at radius 2 is 1.84 bits per heavy atom. The molecule has 96 valence electrons. The second-order valence-corrected chi connectivity index (χ2v) is 5.06. The van der Waals surface area contributed by atoms with Gasteiger partial charge in [-0.15, -0.1) is 0 Å². The molecule has 0 aliphatic heterocycles. The van der Waals surface area contributed by atoms with Gasteiger partial charge in [-0.2, -0.15) is 0 Å². The minimum atomic E-state index is -0.0339. The molecule has 0 fully saturated rings. The first-order valence-electron chi connectivity index (χ1n) is 6.73. The van der Waals surface area contributed by atoms with Crippen LogP contribution < -0.4 is 5.32 Å². The van der Waals surface area contributed by atoms with Crippen LogP contribution >= 0.6 is 0 Å². The molecule has 0 saturated carbocycles. The van der Waals surface area contributed by atoms with E-state index in [1.807, 2.05) is 12.1 Å². The number of anilines is 1. The fourth-order valence-corrected chi connectivity index (χ4v) is 2.83. The highest BCUT2D eigenvalue weighted by Gasteiger charge is 2.14. The summed E-state index contributed by atoms with van der Waals surface area (Å²) in [6, 6.07) is 14.7. The standard InChI is InChI=1S/C17H17NO/c1-12(19)18-15-10-8-14(9-11-15)17-7-3-5-13-4-2-6-16(13)17/h3,5,7-11H,2,4,6H2,1H3,(H,18,19). The van der Waals surface area contributed by atoms with Crippen molar-refractivity contribution in [2.24, 2.45) is 0 Å². The average Bonchev–Trinajstić information content (AvgIpc) is 2.87. The first-order chi connectivity index (χ1) is 9.24. The summed E-state index contributed by atoms with van der Waals surface area (Å²) in [4.78, 5) is 11.0. The fraction of sp³-hybridized carbons (Fsp3) is 0.235. The Morgan fingerprint density at radius 3 is 2.58 bits per heavy atom. The van der Waals surface area contributed by atoms with E-state index < -0.39 is 0 Å². The monoisotopic (exact) mass is 251 g/mol. The van der Waals surface area contributed by atoms with Crippen molar-refractivity contribution >= 4 is 11.6 Å². The van der Waals surface area contributed by atoms with Gasteiger partial charge in [0.05, 0.1) is 0 Å². The average molecular weight is 251 g/mol. The van der Waals surface area contributed by atoms with Crippen LogP contribution in [-0.2, 0) is 17.6 Å². The zero-order valence-electron chi connectivity index (χ0n) is 11.1. The van der Waals surface area contributed by atoms with Crippen molar-refractivity contribution in [3.63, 3.8) is 0 Å². The zero-order chi connectivity index (χ0) is 13.2. The second kappa shape index (κ2) is 4.88. The second-order valence-electron chi connectivity index (χ2n) is 5.06. The predicted molar refractivity (Wildman–Crippen MR) is 78.2 cm³/mol. The zero-order valence-corrected chi connectivity index (χ0v) is 11.1. The molecule has 0 saturated heterocycles. The number of hydrogen-bond acceptors (Lipinski definition) is 1. The van der Waals surface area contributed by atoms with Gasteiger partial charge in [-0.25, -0.2) is 0 Å². The maximum atomic E-state index is 11.0. The summed E-state index contributed by atoms with van der Waals surface area (Å²) in [7, 11) is 0. The molecule has 0 aromatic heterocycles. The maximum absolute atomic E-state index is 11.0. The van der Waals surface area contributed by atoms with Crippen molar-refractivity contribution in [3.8, 4) is 11.1 Å². The molecule has 2 aromatic rings. The Labute approximate surface area is 113 Å². The molecule has 1 aliphatic rings. The van der Waals surface area contributed by atoms with Crippen molar-refractivity contribution in [2.75, 3.05) is 5.32 Å². The van der Waals surface area contributed by atoms with Crippen molar-refractivity contribution in [2.45, 2.75) is 26.2 Å². The van der Waals surface area contributed by atoms with Crippen LogP contribution in [0.1, 0.15) is 24.5 Å². The number of aryl methyl sites for hydroxylation is 1. The first kappa shape index (κ1) is 12.0. The van der Waals surface area contributed by atoms with Gasteiger partial charge in [-0.3, -0.25) is 4.79 Å². The molecule has 1 amide bonds. The molecule has 0 unspecified atom stereocenters. The smallest absolute Gasteiger partial charge is 0.221 e. The van der Waals surface area contributed by atoms with Gasteiger partial charge in [-0.1, -0.05) is 30.3 Å². The van der Waals surface area contributed by atoms with Crippen molar-refractivity contribution in [3.05, 3.63) is 53.6 Å². The highest BCUT2D eigenvalue weighted by Crippen LogP contribution is 2.32. The summed E-state index contributed by atoms with van der Waals surface area (Å²) in [5, 5.41) is 2.80. The van der Waals surface area contributed by atoms with Gasteiger partial charge in [0.25, 0.3) is 0 Å². The lowest BCUT2D eigenvalue weighted by Gasteiger charge is -2.09. The summed E-state index contributed by atoms with van der Waals surface area (Å²) in [5.41, 5.74) is 6.40. The van der Waals surface area contributed by atoms with Gasteiger partial charge in [0, 0.05) is 12.6 Å². The van der Waals surface area contributed by atoms with E-state index in [9.17, 15) is 4.79 Å². The largest absolute Gasteiger partial charge is 0.326 e. The van der Waals surface area contributed by atoms with Crippen LogP contribution in [0.25, 0.3) is 11.1 Å². The lowest BCUT2D eigenvalue weighted by Crippen LogP contribution is -2.05. The van der Waals surface area contributed by atoms with E-state index in [0.717, 1.165) is 5.69 Å². The highest BCUT2D eigenvalue weighted by atomic mass is 16.1. The number of carbonyl (C=O) groups excluding carboxylic acids is 1. The molecule has 1 N–H and O–H groups in total. The lowest BCUT2D eigenvalue weighted by molar-refractivity contribution is -0.114. The number of rotatable bonds is 2. The summed E-state index contributed by atoms with van der Waals surface area (Å²) in [5.74, 6) is -0.0339. The minimum absolute atomic E-state index is 0.0339. The molecule has 0 bridgehead atoms. The topological polar surface area (TPSA) is 29.1 Å². The molecule has 2 aromatic carbocycles. The summed E-state index contributed by atoms with van der Waals surface area (Å²) < 4.78 is 0. The van der Waals surface area contributed by atoms with Crippen LogP contribution in [0.5, 0.6) is 0 Å². The summed E-state index contributed by atoms with van der Waals surface area (Å²) in [6.45, 7) is 1.53. The van der Waals surface area contributed by atoms with Crippen molar-refractivity contribution < 1.29 is 4.79 Å². The van der Waals surface area contributed by atoms with Gasteiger partial charge >= 0.3 is 0 Å². The quantitative estimate of drug-likeness (QED) is 0.864. The highest BCUT2D eigenvalue weighted by molar-refractivity contribution is 5.89. The van der Waals surface area contributed by atoms with E-state index in [2.05, 4.69) is 35.6 Å². The van der Waals surface area contributed by atoms with E-state index in [1.165, 1.54) is 48.4 Å². The molecule has 0 radical (unpaired) electrons. The van der Waals surface area contributed by atoms with Crippen LogP contribution in [0.2, 0.25) is 0 Å². The van der Waals surface area contributed by atoms with E-state index in [4.69, 9.17) is 0 Å². The van der Waals surface area contributed by atoms with Crippen LogP contribution in [-0.4, -0.2) is 5.91 Å². The van der Waals surface area contributed by atoms with Crippen molar-refractivity contribution in [1.82, 2.24) is 0 Å². The van der Waals surface area contributed by atoms with Crippen LogP contribution in [0.4, 0.5) is 5.69 Å². The number of amides is 1. The summed E-state index contributed by atoms with van der Waals surface area (Å²) >= 11 is 0. The first-order valence-corrected chi connectivity index (χ1v) is 6.73. The SMILES string of the molecule is CC(=O)Nc1ccc(-c2cccc3c2CCC3)cc1.